The first-order valence-electron chi connectivity index (χ1n) is 7.74. The Hall–Kier alpha value is -2.67. The summed E-state index contributed by atoms with van der Waals surface area (Å²) in [7, 11) is 3.97. The highest BCUT2D eigenvalue weighted by Gasteiger charge is 2.11. The predicted molar refractivity (Wildman–Crippen MR) is 92.6 cm³/mol. The lowest BCUT2D eigenvalue weighted by Gasteiger charge is -2.13. The van der Waals surface area contributed by atoms with Crippen LogP contribution in [0.4, 0.5) is 16.2 Å². The molecule has 0 bridgehead atoms. The molecule has 2 heterocycles. The summed E-state index contributed by atoms with van der Waals surface area (Å²) in [6, 6.07) is 8.54. The SMILES string of the molecule is CN(C)CCNc1nc(NCc2ccco2)c2cccc(F)c2n1. The molecule has 2 aromatic heterocycles. The van der Waals surface area contributed by atoms with Crippen LogP contribution in [-0.2, 0) is 6.54 Å². The maximum Gasteiger partial charge on any atom is 0.225 e. The van der Waals surface area contributed by atoms with Gasteiger partial charge in [0.15, 0.2) is 0 Å². The number of hydrogen-bond donors (Lipinski definition) is 2. The Morgan fingerprint density at radius 3 is 2.75 bits per heavy atom. The maximum absolute atomic E-state index is 14.1. The number of nitrogens with zero attached hydrogens (tertiary/aromatic N) is 3. The molecule has 0 aliphatic rings. The van der Waals surface area contributed by atoms with Gasteiger partial charge in [0.05, 0.1) is 12.8 Å². The van der Waals surface area contributed by atoms with E-state index in [2.05, 4.69) is 20.6 Å². The van der Waals surface area contributed by atoms with Crippen LogP contribution < -0.4 is 10.6 Å². The molecule has 3 rings (SSSR count). The van der Waals surface area contributed by atoms with E-state index in [1.165, 1.54) is 6.07 Å². The molecule has 2 N–H and O–H groups in total. The fraction of sp³-hybridized carbons (Fsp3) is 0.294. The van der Waals surface area contributed by atoms with E-state index in [1.54, 1.807) is 18.4 Å². The van der Waals surface area contributed by atoms with Crippen LogP contribution >= 0.6 is 0 Å². The number of para-hydroxylation sites is 1. The van der Waals surface area contributed by atoms with Crippen molar-refractivity contribution in [3.8, 4) is 0 Å². The van der Waals surface area contributed by atoms with Crippen molar-refractivity contribution in [3.05, 3.63) is 48.2 Å². The molecular weight excluding hydrogens is 309 g/mol. The van der Waals surface area contributed by atoms with Crippen LogP contribution in [0.25, 0.3) is 10.9 Å². The van der Waals surface area contributed by atoms with Gasteiger partial charge < -0.3 is 20.0 Å². The summed E-state index contributed by atoms with van der Waals surface area (Å²) < 4.78 is 19.4. The highest BCUT2D eigenvalue weighted by Crippen LogP contribution is 2.24. The largest absolute Gasteiger partial charge is 0.467 e. The molecule has 0 aliphatic carbocycles. The molecule has 0 saturated carbocycles. The first kappa shape index (κ1) is 16.2. The molecule has 3 aromatic rings. The van der Waals surface area contributed by atoms with Crippen molar-refractivity contribution in [2.45, 2.75) is 6.54 Å². The molecular formula is C17H20FN5O. The van der Waals surface area contributed by atoms with Gasteiger partial charge in [0.1, 0.15) is 22.9 Å². The smallest absolute Gasteiger partial charge is 0.225 e. The zero-order valence-electron chi connectivity index (χ0n) is 13.7. The van der Waals surface area contributed by atoms with Gasteiger partial charge in [-0.1, -0.05) is 6.07 Å². The van der Waals surface area contributed by atoms with Crippen molar-refractivity contribution in [1.82, 2.24) is 14.9 Å². The van der Waals surface area contributed by atoms with E-state index < -0.39 is 0 Å². The van der Waals surface area contributed by atoms with Gasteiger partial charge in [0.25, 0.3) is 0 Å². The Labute approximate surface area is 139 Å². The Balaban J connectivity index is 1.87. The summed E-state index contributed by atoms with van der Waals surface area (Å²) in [4.78, 5) is 10.8. The molecule has 0 aliphatic heterocycles. The van der Waals surface area contributed by atoms with Crippen LogP contribution in [0.15, 0.2) is 41.0 Å². The van der Waals surface area contributed by atoms with Crippen LogP contribution in [-0.4, -0.2) is 42.1 Å². The molecule has 126 valence electrons. The normalized spacial score (nSPS) is 11.2. The summed E-state index contributed by atoms with van der Waals surface area (Å²) in [6.45, 7) is 1.96. The van der Waals surface area contributed by atoms with Gasteiger partial charge in [-0.3, -0.25) is 0 Å². The molecule has 0 saturated heterocycles. The van der Waals surface area contributed by atoms with E-state index in [-0.39, 0.29) is 5.82 Å². The molecule has 0 fully saturated rings. The molecule has 0 atom stereocenters. The molecule has 6 nitrogen and oxygen atoms in total. The number of likely N-dealkylation sites (N-methyl/N-ethyl adjacent to an activating group) is 1. The van der Waals surface area contributed by atoms with Crippen LogP contribution in [0, 0.1) is 5.82 Å². The third-order valence-corrected chi connectivity index (χ3v) is 3.53. The fourth-order valence-electron chi connectivity index (χ4n) is 2.31. The van der Waals surface area contributed by atoms with E-state index in [0.717, 1.165) is 12.3 Å². The number of fused-ring (bicyclic) bond motifs is 1. The molecule has 0 radical (unpaired) electrons. The highest BCUT2D eigenvalue weighted by molar-refractivity contribution is 5.90. The van der Waals surface area contributed by atoms with Gasteiger partial charge in [0, 0.05) is 18.5 Å². The maximum atomic E-state index is 14.1. The summed E-state index contributed by atoms with van der Waals surface area (Å²) in [6.07, 6.45) is 1.61. The van der Waals surface area contributed by atoms with Gasteiger partial charge in [0.2, 0.25) is 5.95 Å². The quantitative estimate of drug-likeness (QED) is 0.695. The molecule has 0 amide bonds. The zero-order valence-corrected chi connectivity index (χ0v) is 13.7. The van der Waals surface area contributed by atoms with Gasteiger partial charge in [-0.05, 0) is 38.4 Å². The molecule has 7 heteroatoms. The van der Waals surface area contributed by atoms with Gasteiger partial charge >= 0.3 is 0 Å². The lowest BCUT2D eigenvalue weighted by atomic mass is 10.2. The van der Waals surface area contributed by atoms with Crippen LogP contribution in [0.1, 0.15) is 5.76 Å². The first-order valence-corrected chi connectivity index (χ1v) is 7.74. The number of aromatic nitrogens is 2. The zero-order chi connectivity index (χ0) is 16.9. The number of hydrogen-bond acceptors (Lipinski definition) is 6. The van der Waals surface area contributed by atoms with E-state index in [9.17, 15) is 4.39 Å². The number of halogens is 1. The lowest BCUT2D eigenvalue weighted by Crippen LogP contribution is -2.21. The highest BCUT2D eigenvalue weighted by atomic mass is 19.1. The fourth-order valence-corrected chi connectivity index (χ4v) is 2.31. The minimum absolute atomic E-state index is 0.293. The molecule has 1 aromatic carbocycles. The van der Waals surface area contributed by atoms with Crippen LogP contribution in [0.2, 0.25) is 0 Å². The van der Waals surface area contributed by atoms with Crippen molar-refractivity contribution in [3.63, 3.8) is 0 Å². The Morgan fingerprint density at radius 2 is 2.00 bits per heavy atom. The lowest BCUT2D eigenvalue weighted by molar-refractivity contribution is 0.425. The predicted octanol–water partition coefficient (Wildman–Crippen LogP) is 2.95. The van der Waals surface area contributed by atoms with Crippen molar-refractivity contribution in [2.24, 2.45) is 0 Å². The standard InChI is InChI=1S/C17H20FN5O/c1-23(2)9-8-19-17-21-15-13(6-3-7-14(15)18)16(22-17)20-11-12-5-4-10-24-12/h3-7,10H,8-9,11H2,1-2H3,(H2,19,20,21,22). The Bertz CT molecular complexity index is 804. The van der Waals surface area contributed by atoms with Crippen molar-refractivity contribution < 1.29 is 8.81 Å². The average molecular weight is 329 g/mol. The minimum atomic E-state index is -0.369. The van der Waals surface area contributed by atoms with Crippen molar-refractivity contribution in [2.75, 3.05) is 37.8 Å². The van der Waals surface area contributed by atoms with E-state index in [1.807, 2.05) is 31.1 Å². The van der Waals surface area contributed by atoms with Crippen LogP contribution in [0.3, 0.4) is 0 Å². The monoisotopic (exact) mass is 329 g/mol. The number of nitrogens with one attached hydrogen (secondary N) is 2. The van der Waals surface area contributed by atoms with Gasteiger partial charge in [-0.2, -0.15) is 4.98 Å². The topological polar surface area (TPSA) is 66.2 Å². The number of furan rings is 1. The second kappa shape index (κ2) is 7.27. The number of benzene rings is 1. The molecule has 0 spiro atoms. The Kier molecular flexibility index (Phi) is 4.90. The van der Waals surface area contributed by atoms with Gasteiger partial charge in [-0.15, -0.1) is 0 Å². The summed E-state index contributed by atoms with van der Waals surface area (Å²) in [5.41, 5.74) is 0.293. The summed E-state index contributed by atoms with van der Waals surface area (Å²) >= 11 is 0. The molecule has 24 heavy (non-hydrogen) atoms. The molecule has 0 unspecified atom stereocenters. The second-order valence-electron chi connectivity index (χ2n) is 5.69. The number of anilines is 2. The van der Waals surface area contributed by atoms with Crippen molar-refractivity contribution in [1.29, 1.82) is 0 Å². The third-order valence-electron chi connectivity index (χ3n) is 3.53. The second-order valence-corrected chi connectivity index (χ2v) is 5.69. The average Bonchev–Trinajstić information content (AvgIpc) is 3.06. The van der Waals surface area contributed by atoms with E-state index >= 15 is 0 Å². The van der Waals surface area contributed by atoms with Crippen molar-refractivity contribution >= 4 is 22.7 Å². The summed E-state index contributed by atoms with van der Waals surface area (Å²) in [5.74, 6) is 1.38. The minimum Gasteiger partial charge on any atom is -0.467 e. The van der Waals surface area contributed by atoms with E-state index in [0.29, 0.717) is 35.8 Å². The summed E-state index contributed by atoms with van der Waals surface area (Å²) in [5, 5.41) is 6.97. The van der Waals surface area contributed by atoms with Gasteiger partial charge in [-0.25, -0.2) is 9.37 Å². The Morgan fingerprint density at radius 1 is 1.12 bits per heavy atom. The first-order chi connectivity index (χ1) is 11.6. The third kappa shape index (κ3) is 3.80. The van der Waals surface area contributed by atoms with Crippen LogP contribution in [0.5, 0.6) is 0 Å². The number of rotatable bonds is 7. The van der Waals surface area contributed by atoms with E-state index in [4.69, 9.17) is 4.42 Å².